The Bertz CT molecular complexity index is 586. The summed E-state index contributed by atoms with van der Waals surface area (Å²) in [7, 11) is 3.43. The van der Waals surface area contributed by atoms with Crippen LogP contribution < -0.4 is 14.8 Å². The van der Waals surface area contributed by atoms with Gasteiger partial charge in [0.2, 0.25) is 11.7 Å². The van der Waals surface area contributed by atoms with E-state index < -0.39 is 0 Å². The summed E-state index contributed by atoms with van der Waals surface area (Å²) in [6.07, 6.45) is 0. The summed E-state index contributed by atoms with van der Waals surface area (Å²) in [6.45, 7) is 2.58. The summed E-state index contributed by atoms with van der Waals surface area (Å²) in [4.78, 5) is 4.06. The zero-order chi connectivity index (χ0) is 14.5. The van der Waals surface area contributed by atoms with Gasteiger partial charge in [-0.05, 0) is 24.7 Å². The van der Waals surface area contributed by atoms with E-state index in [1.807, 2.05) is 19.2 Å². The van der Waals surface area contributed by atoms with Gasteiger partial charge in [-0.15, -0.1) is 0 Å². The number of methoxy groups -OCH3 is 1. The molecule has 1 aromatic heterocycles. The smallest absolute Gasteiger partial charge is 0.223 e. The van der Waals surface area contributed by atoms with Crippen LogP contribution in [-0.4, -0.2) is 24.3 Å². The number of nitrogens with zero attached hydrogens (tertiary/aromatic N) is 2. The van der Waals surface area contributed by atoms with E-state index >= 15 is 0 Å². The molecule has 20 heavy (non-hydrogen) atoms. The molecule has 6 nitrogen and oxygen atoms in total. The number of aryl methyl sites for hydroxylation is 1. The standard InChI is InChI=1S/C13H16ClN3O3/c1-8-16-12(17-20-8)7-19-13-10(14)4-9(6-15-2)5-11(13)18-3/h4-5,15H,6-7H2,1-3H3. The average molecular weight is 298 g/mol. The van der Waals surface area contributed by atoms with E-state index in [2.05, 4.69) is 15.5 Å². The highest BCUT2D eigenvalue weighted by molar-refractivity contribution is 6.32. The minimum absolute atomic E-state index is 0.165. The van der Waals surface area contributed by atoms with Crippen LogP contribution in [0.25, 0.3) is 0 Å². The monoisotopic (exact) mass is 297 g/mol. The highest BCUT2D eigenvalue weighted by Crippen LogP contribution is 2.36. The van der Waals surface area contributed by atoms with Gasteiger partial charge in [0.15, 0.2) is 18.1 Å². The van der Waals surface area contributed by atoms with Crippen LogP contribution in [0.5, 0.6) is 11.5 Å². The van der Waals surface area contributed by atoms with Crippen LogP contribution in [0, 0.1) is 6.92 Å². The van der Waals surface area contributed by atoms with Crippen molar-refractivity contribution in [2.24, 2.45) is 0 Å². The summed E-state index contributed by atoms with van der Waals surface area (Å²) in [5.74, 6) is 1.99. The van der Waals surface area contributed by atoms with Gasteiger partial charge in [-0.3, -0.25) is 0 Å². The molecule has 0 saturated carbocycles. The molecule has 0 spiro atoms. The molecule has 2 rings (SSSR count). The maximum absolute atomic E-state index is 6.22. The van der Waals surface area contributed by atoms with Crippen molar-refractivity contribution < 1.29 is 14.0 Å². The predicted octanol–water partition coefficient (Wildman–Crippen LogP) is 2.34. The van der Waals surface area contributed by atoms with Crippen LogP contribution in [0.2, 0.25) is 5.02 Å². The van der Waals surface area contributed by atoms with Crippen molar-refractivity contribution in [1.82, 2.24) is 15.5 Å². The zero-order valence-electron chi connectivity index (χ0n) is 11.6. The van der Waals surface area contributed by atoms with Crippen LogP contribution in [0.3, 0.4) is 0 Å². The van der Waals surface area contributed by atoms with Gasteiger partial charge in [0.05, 0.1) is 12.1 Å². The number of ether oxygens (including phenoxy) is 2. The summed E-state index contributed by atoms with van der Waals surface area (Å²) in [6, 6.07) is 3.70. The molecule has 1 aromatic carbocycles. The second-order valence-electron chi connectivity index (χ2n) is 4.16. The van der Waals surface area contributed by atoms with E-state index in [9.17, 15) is 0 Å². The Hall–Kier alpha value is -1.79. The molecule has 1 heterocycles. The van der Waals surface area contributed by atoms with E-state index in [0.717, 1.165) is 5.56 Å². The molecule has 0 fully saturated rings. The normalized spacial score (nSPS) is 10.6. The number of nitrogens with one attached hydrogen (secondary N) is 1. The Morgan fingerprint density at radius 3 is 2.80 bits per heavy atom. The molecule has 0 aliphatic heterocycles. The number of hydrogen-bond acceptors (Lipinski definition) is 6. The Labute approximate surface area is 122 Å². The van der Waals surface area contributed by atoms with E-state index in [-0.39, 0.29) is 6.61 Å². The molecular formula is C13H16ClN3O3. The number of hydrogen-bond donors (Lipinski definition) is 1. The summed E-state index contributed by atoms with van der Waals surface area (Å²) in [5.41, 5.74) is 1.01. The topological polar surface area (TPSA) is 69.4 Å². The highest BCUT2D eigenvalue weighted by atomic mass is 35.5. The largest absolute Gasteiger partial charge is 0.493 e. The molecule has 0 radical (unpaired) electrons. The van der Waals surface area contributed by atoms with Crippen molar-refractivity contribution in [3.8, 4) is 11.5 Å². The quantitative estimate of drug-likeness (QED) is 0.882. The third kappa shape index (κ3) is 3.40. The fourth-order valence-electron chi connectivity index (χ4n) is 1.76. The van der Waals surface area contributed by atoms with Crippen molar-refractivity contribution in [1.29, 1.82) is 0 Å². The number of benzene rings is 1. The fraction of sp³-hybridized carbons (Fsp3) is 0.385. The Balaban J connectivity index is 2.17. The molecule has 1 N–H and O–H groups in total. The van der Waals surface area contributed by atoms with Gasteiger partial charge in [0, 0.05) is 13.5 Å². The lowest BCUT2D eigenvalue weighted by atomic mass is 10.2. The van der Waals surface area contributed by atoms with Crippen LogP contribution in [0.1, 0.15) is 17.3 Å². The first kappa shape index (κ1) is 14.6. The molecule has 0 saturated heterocycles. The van der Waals surface area contributed by atoms with Crippen molar-refractivity contribution in [3.05, 3.63) is 34.4 Å². The molecule has 0 amide bonds. The number of rotatable bonds is 6. The molecule has 0 aliphatic rings. The third-order valence-electron chi connectivity index (χ3n) is 2.59. The van der Waals surface area contributed by atoms with Crippen LogP contribution >= 0.6 is 11.6 Å². The summed E-state index contributed by atoms with van der Waals surface area (Å²) < 4.78 is 15.8. The average Bonchev–Trinajstić information content (AvgIpc) is 2.83. The molecule has 0 aliphatic carbocycles. The first-order chi connectivity index (χ1) is 9.63. The molecule has 108 valence electrons. The van der Waals surface area contributed by atoms with Crippen LogP contribution in [-0.2, 0) is 13.2 Å². The lowest BCUT2D eigenvalue weighted by Crippen LogP contribution is -2.06. The van der Waals surface area contributed by atoms with Gasteiger partial charge in [0.1, 0.15) is 0 Å². The van der Waals surface area contributed by atoms with E-state index in [1.54, 1.807) is 14.0 Å². The van der Waals surface area contributed by atoms with Crippen molar-refractivity contribution in [2.75, 3.05) is 14.2 Å². The molecule has 0 bridgehead atoms. The van der Waals surface area contributed by atoms with Gasteiger partial charge in [-0.25, -0.2) is 0 Å². The van der Waals surface area contributed by atoms with E-state index in [1.165, 1.54) is 0 Å². The zero-order valence-corrected chi connectivity index (χ0v) is 12.3. The van der Waals surface area contributed by atoms with Crippen molar-refractivity contribution in [2.45, 2.75) is 20.1 Å². The van der Waals surface area contributed by atoms with E-state index in [0.29, 0.717) is 34.8 Å². The highest BCUT2D eigenvalue weighted by Gasteiger charge is 2.13. The fourth-order valence-corrected chi connectivity index (χ4v) is 2.04. The number of halogens is 1. The second kappa shape index (κ2) is 6.58. The minimum atomic E-state index is 0.165. The second-order valence-corrected chi connectivity index (χ2v) is 4.56. The first-order valence-electron chi connectivity index (χ1n) is 6.07. The van der Waals surface area contributed by atoms with Gasteiger partial charge in [0.25, 0.3) is 0 Å². The lowest BCUT2D eigenvalue weighted by molar-refractivity contribution is 0.269. The predicted molar refractivity (Wildman–Crippen MR) is 74.1 cm³/mol. The molecule has 0 unspecified atom stereocenters. The Morgan fingerprint density at radius 2 is 2.20 bits per heavy atom. The van der Waals surface area contributed by atoms with Crippen LogP contribution in [0.4, 0.5) is 0 Å². The molecule has 0 atom stereocenters. The van der Waals surface area contributed by atoms with Crippen molar-refractivity contribution in [3.63, 3.8) is 0 Å². The minimum Gasteiger partial charge on any atom is -0.493 e. The van der Waals surface area contributed by atoms with Gasteiger partial charge in [-0.1, -0.05) is 16.8 Å². The van der Waals surface area contributed by atoms with Gasteiger partial charge in [-0.2, -0.15) is 4.98 Å². The van der Waals surface area contributed by atoms with E-state index in [4.69, 9.17) is 25.6 Å². The van der Waals surface area contributed by atoms with Crippen molar-refractivity contribution >= 4 is 11.6 Å². The number of aromatic nitrogens is 2. The summed E-state index contributed by atoms with van der Waals surface area (Å²) >= 11 is 6.22. The van der Waals surface area contributed by atoms with Crippen LogP contribution in [0.15, 0.2) is 16.7 Å². The first-order valence-corrected chi connectivity index (χ1v) is 6.44. The van der Waals surface area contributed by atoms with Gasteiger partial charge < -0.3 is 19.3 Å². The Morgan fingerprint density at radius 1 is 1.40 bits per heavy atom. The maximum Gasteiger partial charge on any atom is 0.223 e. The van der Waals surface area contributed by atoms with Gasteiger partial charge >= 0.3 is 0 Å². The molecule has 2 aromatic rings. The Kier molecular flexibility index (Phi) is 4.81. The molecule has 7 heteroatoms. The third-order valence-corrected chi connectivity index (χ3v) is 2.87. The summed E-state index contributed by atoms with van der Waals surface area (Å²) in [5, 5.41) is 7.29. The lowest BCUT2D eigenvalue weighted by Gasteiger charge is -2.13. The maximum atomic E-state index is 6.22. The molecular weight excluding hydrogens is 282 g/mol. The SMILES string of the molecule is CNCc1cc(Cl)c(OCc2noc(C)n2)c(OC)c1.